The van der Waals surface area contributed by atoms with E-state index in [1.54, 1.807) is 62.2 Å². The number of ether oxygens (including phenoxy) is 2. The second kappa shape index (κ2) is 6.53. The third-order valence-corrected chi connectivity index (χ3v) is 6.37. The normalized spacial score (nSPS) is 12.6. The van der Waals surface area contributed by atoms with Crippen LogP contribution in [-0.2, 0) is 17.1 Å². The minimum atomic E-state index is -3.81. The number of nitrogens with zero attached hydrogens (tertiary/aromatic N) is 2. The Bertz CT molecular complexity index is 1090. The van der Waals surface area contributed by atoms with E-state index in [0.29, 0.717) is 16.3 Å². The third-order valence-electron chi connectivity index (χ3n) is 3.83. The largest absolute Gasteiger partial charge is 0.495 e. The molecule has 0 N–H and O–H groups in total. The Morgan fingerprint density at radius 1 is 1.00 bits per heavy atom. The second-order valence-electron chi connectivity index (χ2n) is 5.47. The highest BCUT2D eigenvalue weighted by atomic mass is 32.2. The number of methoxy groups -OCH3 is 2. The highest BCUT2D eigenvalue weighted by Gasteiger charge is 2.17. The van der Waals surface area contributed by atoms with Gasteiger partial charge in [-0.15, -0.1) is 4.40 Å². The van der Waals surface area contributed by atoms with Crippen LogP contribution in [0.15, 0.2) is 45.7 Å². The lowest BCUT2D eigenvalue weighted by Gasteiger charge is -2.06. The molecular weight excluding hydrogens is 360 g/mol. The monoisotopic (exact) mass is 378 g/mol. The van der Waals surface area contributed by atoms with Crippen LogP contribution >= 0.6 is 11.3 Å². The molecular formula is C17H18N2O4S2. The Morgan fingerprint density at radius 2 is 1.60 bits per heavy atom. The summed E-state index contributed by atoms with van der Waals surface area (Å²) in [6.07, 6.45) is 0. The number of aromatic nitrogens is 1. The van der Waals surface area contributed by atoms with Gasteiger partial charge in [0.1, 0.15) is 21.7 Å². The van der Waals surface area contributed by atoms with Crippen molar-refractivity contribution in [2.75, 3.05) is 14.2 Å². The van der Waals surface area contributed by atoms with Crippen molar-refractivity contribution in [3.05, 3.63) is 46.8 Å². The molecule has 1 heterocycles. The fourth-order valence-corrected chi connectivity index (χ4v) is 4.83. The van der Waals surface area contributed by atoms with Crippen molar-refractivity contribution in [3.63, 3.8) is 0 Å². The third kappa shape index (κ3) is 3.14. The first-order chi connectivity index (χ1) is 11.9. The van der Waals surface area contributed by atoms with E-state index in [-0.39, 0.29) is 4.90 Å². The van der Waals surface area contributed by atoms with Gasteiger partial charge in [-0.1, -0.05) is 29.0 Å². The van der Waals surface area contributed by atoms with E-state index in [4.69, 9.17) is 9.47 Å². The quantitative estimate of drug-likeness (QED) is 0.700. The highest BCUT2D eigenvalue weighted by Crippen LogP contribution is 2.34. The van der Waals surface area contributed by atoms with Gasteiger partial charge in [0.15, 0.2) is 0 Å². The van der Waals surface area contributed by atoms with Gasteiger partial charge in [0.25, 0.3) is 10.0 Å². The first kappa shape index (κ1) is 17.5. The van der Waals surface area contributed by atoms with Crippen LogP contribution in [0.1, 0.15) is 5.56 Å². The van der Waals surface area contributed by atoms with Crippen molar-refractivity contribution in [1.82, 2.24) is 4.57 Å². The second-order valence-corrected chi connectivity index (χ2v) is 8.05. The molecule has 1 aromatic heterocycles. The molecule has 0 radical (unpaired) electrons. The standard InChI is InChI=1S/C17H18N2O4S2/c1-11-5-7-12(8-6-11)25(20,21)18-17-19(2)15-13(22-3)9-10-14(23-4)16(15)24-17/h5-10H,1-4H3/b18-17-. The van der Waals surface area contributed by atoms with Crippen molar-refractivity contribution in [1.29, 1.82) is 0 Å². The summed E-state index contributed by atoms with van der Waals surface area (Å²) < 4.78 is 42.5. The molecule has 8 heteroatoms. The van der Waals surface area contributed by atoms with Gasteiger partial charge in [0, 0.05) is 7.05 Å². The summed E-state index contributed by atoms with van der Waals surface area (Å²) in [7, 11) is 1.09. The van der Waals surface area contributed by atoms with Crippen LogP contribution in [0.4, 0.5) is 0 Å². The van der Waals surface area contributed by atoms with E-state index in [2.05, 4.69) is 4.40 Å². The lowest BCUT2D eigenvalue weighted by atomic mass is 10.2. The van der Waals surface area contributed by atoms with E-state index < -0.39 is 10.0 Å². The van der Waals surface area contributed by atoms with E-state index in [9.17, 15) is 8.42 Å². The van der Waals surface area contributed by atoms with Crippen molar-refractivity contribution >= 4 is 31.6 Å². The minimum Gasteiger partial charge on any atom is -0.495 e. The first-order valence-electron chi connectivity index (χ1n) is 7.45. The van der Waals surface area contributed by atoms with Gasteiger partial charge in [0.05, 0.1) is 19.1 Å². The summed E-state index contributed by atoms with van der Waals surface area (Å²) in [5.41, 5.74) is 1.73. The van der Waals surface area contributed by atoms with E-state index >= 15 is 0 Å². The number of thiazole rings is 1. The summed E-state index contributed by atoms with van der Waals surface area (Å²) >= 11 is 1.24. The average molecular weight is 378 g/mol. The summed E-state index contributed by atoms with van der Waals surface area (Å²) in [5.74, 6) is 1.27. The number of sulfonamides is 1. The van der Waals surface area contributed by atoms with Crippen molar-refractivity contribution in [2.24, 2.45) is 11.4 Å². The van der Waals surface area contributed by atoms with Gasteiger partial charge in [-0.25, -0.2) is 0 Å². The first-order valence-corrected chi connectivity index (χ1v) is 9.71. The molecule has 0 aliphatic carbocycles. The summed E-state index contributed by atoms with van der Waals surface area (Å²) in [6, 6.07) is 10.2. The van der Waals surface area contributed by atoms with Gasteiger partial charge in [-0.05, 0) is 31.2 Å². The van der Waals surface area contributed by atoms with Gasteiger partial charge in [-0.3, -0.25) is 0 Å². The van der Waals surface area contributed by atoms with Gasteiger partial charge < -0.3 is 14.0 Å². The van der Waals surface area contributed by atoms with Crippen LogP contribution in [0, 0.1) is 6.92 Å². The fourth-order valence-electron chi connectivity index (χ4n) is 2.48. The van der Waals surface area contributed by atoms with Crippen LogP contribution in [0.5, 0.6) is 11.5 Å². The van der Waals surface area contributed by atoms with Gasteiger partial charge >= 0.3 is 0 Å². The van der Waals surface area contributed by atoms with Crippen molar-refractivity contribution < 1.29 is 17.9 Å². The summed E-state index contributed by atoms with van der Waals surface area (Å²) in [4.78, 5) is 0.507. The fraction of sp³-hybridized carbons (Fsp3) is 0.235. The molecule has 0 saturated carbocycles. The molecule has 6 nitrogen and oxygen atoms in total. The topological polar surface area (TPSA) is 69.9 Å². The SMILES string of the molecule is COc1ccc(OC)c2c1s/c(=N\S(=O)(=O)c1ccc(C)cc1)n2C. The molecule has 0 atom stereocenters. The number of rotatable bonds is 4. The Labute approximate surface area is 150 Å². The number of benzene rings is 2. The van der Waals surface area contributed by atoms with Crippen LogP contribution < -0.4 is 14.3 Å². The zero-order chi connectivity index (χ0) is 18.2. The maximum Gasteiger partial charge on any atom is 0.285 e. The van der Waals surface area contributed by atoms with Crippen molar-refractivity contribution in [3.8, 4) is 11.5 Å². The van der Waals surface area contributed by atoms with E-state index in [0.717, 1.165) is 15.8 Å². The van der Waals surface area contributed by atoms with Crippen LogP contribution in [0.25, 0.3) is 10.2 Å². The Balaban J connectivity index is 2.27. The van der Waals surface area contributed by atoms with Gasteiger partial charge in [-0.2, -0.15) is 8.42 Å². The maximum atomic E-state index is 12.6. The zero-order valence-corrected chi connectivity index (χ0v) is 15.9. The van der Waals surface area contributed by atoms with Crippen molar-refractivity contribution in [2.45, 2.75) is 11.8 Å². The number of aryl methyl sites for hydroxylation is 2. The van der Waals surface area contributed by atoms with Crippen LogP contribution in [0.3, 0.4) is 0 Å². The van der Waals surface area contributed by atoms with Crippen LogP contribution in [-0.4, -0.2) is 27.2 Å². The number of fused-ring (bicyclic) bond motifs is 1. The minimum absolute atomic E-state index is 0.162. The predicted octanol–water partition coefficient (Wildman–Crippen LogP) is 2.86. The highest BCUT2D eigenvalue weighted by molar-refractivity contribution is 7.90. The predicted molar refractivity (Wildman–Crippen MR) is 97.8 cm³/mol. The molecule has 2 aromatic carbocycles. The Hall–Kier alpha value is -2.32. The summed E-state index contributed by atoms with van der Waals surface area (Å²) in [6.45, 7) is 1.90. The molecule has 3 aromatic rings. The molecule has 3 rings (SSSR count). The lowest BCUT2D eigenvalue weighted by molar-refractivity contribution is 0.409. The van der Waals surface area contributed by atoms with Gasteiger partial charge in [0.2, 0.25) is 4.80 Å². The molecule has 0 fully saturated rings. The molecule has 0 aliphatic heterocycles. The van der Waals surface area contributed by atoms with E-state index in [1.165, 1.54) is 11.3 Å². The average Bonchev–Trinajstić information content (AvgIpc) is 2.91. The lowest BCUT2D eigenvalue weighted by Crippen LogP contribution is -2.14. The number of hydrogen-bond acceptors (Lipinski definition) is 5. The Morgan fingerprint density at radius 3 is 2.20 bits per heavy atom. The van der Waals surface area contributed by atoms with Crippen LogP contribution in [0.2, 0.25) is 0 Å². The summed E-state index contributed by atoms with van der Waals surface area (Å²) in [5, 5.41) is 0. The molecule has 0 bridgehead atoms. The zero-order valence-electron chi connectivity index (χ0n) is 14.3. The van der Waals surface area contributed by atoms with E-state index in [1.807, 2.05) is 6.92 Å². The molecule has 132 valence electrons. The molecule has 0 amide bonds. The molecule has 0 unspecified atom stereocenters. The molecule has 0 spiro atoms. The molecule has 0 saturated heterocycles. The maximum absolute atomic E-state index is 12.6. The Kier molecular flexibility index (Phi) is 4.57. The molecule has 0 aliphatic rings. The number of hydrogen-bond donors (Lipinski definition) is 0. The smallest absolute Gasteiger partial charge is 0.285 e. The molecule has 25 heavy (non-hydrogen) atoms.